The number of thiazole rings is 1. The first-order valence-electron chi connectivity index (χ1n) is 9.56. The van der Waals surface area contributed by atoms with Crippen LogP contribution in [0.15, 0.2) is 42.5 Å². The van der Waals surface area contributed by atoms with E-state index in [1.807, 2.05) is 57.4 Å². The average Bonchev–Trinajstić information content (AvgIpc) is 3.16. The van der Waals surface area contributed by atoms with E-state index in [4.69, 9.17) is 14.5 Å². The molecule has 6 nitrogen and oxygen atoms in total. The molecule has 3 rings (SSSR count). The molecule has 1 aromatic heterocycles. The molecule has 3 aromatic rings. The highest BCUT2D eigenvalue weighted by atomic mass is 32.1. The molecule has 0 aliphatic rings. The van der Waals surface area contributed by atoms with E-state index in [0.717, 1.165) is 32.2 Å². The number of aromatic nitrogens is 1. The van der Waals surface area contributed by atoms with E-state index in [1.54, 1.807) is 30.5 Å². The number of amides is 1. The van der Waals surface area contributed by atoms with Gasteiger partial charge < -0.3 is 19.3 Å². The second-order valence-electron chi connectivity index (χ2n) is 7.20. The molecule has 0 spiro atoms. The fourth-order valence-electron chi connectivity index (χ4n) is 3.23. The van der Waals surface area contributed by atoms with Gasteiger partial charge in [0.1, 0.15) is 11.6 Å². The summed E-state index contributed by atoms with van der Waals surface area (Å²) in [6, 6.07) is 13.9. The maximum absolute atomic E-state index is 12.8. The average molecular weight is 415 g/mol. The number of hydrogen-bond donors (Lipinski definition) is 1. The van der Waals surface area contributed by atoms with Crippen molar-refractivity contribution in [3.05, 3.63) is 53.0 Å². The molecule has 1 unspecified atom stereocenters. The summed E-state index contributed by atoms with van der Waals surface area (Å²) >= 11 is 1.64. The van der Waals surface area contributed by atoms with Crippen molar-refractivity contribution in [2.75, 3.05) is 34.9 Å². The molecule has 7 heteroatoms. The number of carbonyl (C=O) groups is 1. The number of likely N-dealkylation sites (N-methyl/N-ethyl adjacent to an activating group) is 2. The lowest BCUT2D eigenvalue weighted by Crippen LogP contribution is -3.08. The Labute approximate surface area is 175 Å². The van der Waals surface area contributed by atoms with E-state index in [9.17, 15) is 4.79 Å². The molecular weight excluding hydrogens is 386 g/mol. The molecule has 0 saturated heterocycles. The molecule has 154 valence electrons. The molecular formula is C22H28N3O3S+. The molecule has 0 saturated carbocycles. The molecule has 2 atom stereocenters. The van der Waals surface area contributed by atoms with Gasteiger partial charge in [0.25, 0.3) is 5.91 Å². The molecule has 0 fully saturated rings. The first-order valence-corrected chi connectivity index (χ1v) is 10.4. The minimum atomic E-state index is -0.0613. The highest BCUT2D eigenvalue weighted by Crippen LogP contribution is 2.29. The fourth-order valence-corrected chi connectivity index (χ4v) is 4.30. The molecule has 0 aliphatic carbocycles. The zero-order valence-electron chi connectivity index (χ0n) is 17.6. The summed E-state index contributed by atoms with van der Waals surface area (Å²) in [5.41, 5.74) is 2.08. The molecule has 1 N–H and O–H groups in total. The van der Waals surface area contributed by atoms with Crippen LogP contribution in [0, 0.1) is 0 Å². The lowest BCUT2D eigenvalue weighted by Gasteiger charge is -2.24. The van der Waals surface area contributed by atoms with Gasteiger partial charge in [-0.05, 0) is 37.3 Å². The number of hydrogen-bond acceptors (Lipinski definition) is 5. The Hall–Kier alpha value is -2.64. The van der Waals surface area contributed by atoms with E-state index >= 15 is 0 Å². The van der Waals surface area contributed by atoms with Gasteiger partial charge in [-0.2, -0.15) is 0 Å². The first kappa shape index (κ1) is 21.1. The van der Waals surface area contributed by atoms with Crippen LogP contribution in [-0.2, 0) is 11.3 Å². The first-order chi connectivity index (χ1) is 13.9. The number of ether oxygens (including phenoxy) is 2. The molecule has 0 radical (unpaired) electrons. The van der Waals surface area contributed by atoms with E-state index in [1.165, 1.54) is 0 Å². The summed E-state index contributed by atoms with van der Waals surface area (Å²) in [6.45, 7) is 3.15. The zero-order valence-corrected chi connectivity index (χ0v) is 18.4. The Morgan fingerprint density at radius 3 is 2.59 bits per heavy atom. The van der Waals surface area contributed by atoms with Crippen molar-refractivity contribution in [1.82, 2.24) is 9.88 Å². The topological polar surface area (TPSA) is 56.1 Å². The van der Waals surface area contributed by atoms with Crippen molar-refractivity contribution >= 4 is 27.5 Å². The quantitative estimate of drug-likeness (QED) is 0.616. The lowest BCUT2D eigenvalue weighted by atomic mass is 10.2. The van der Waals surface area contributed by atoms with Gasteiger partial charge in [0.05, 0.1) is 37.5 Å². The van der Waals surface area contributed by atoms with Crippen LogP contribution in [0.25, 0.3) is 10.2 Å². The van der Waals surface area contributed by atoms with Crippen LogP contribution in [0.3, 0.4) is 0 Å². The minimum Gasteiger partial charge on any atom is -0.493 e. The van der Waals surface area contributed by atoms with Gasteiger partial charge in [0, 0.05) is 12.6 Å². The maximum atomic E-state index is 12.8. The van der Waals surface area contributed by atoms with Crippen molar-refractivity contribution in [2.45, 2.75) is 19.5 Å². The number of quaternary nitrogens is 1. The summed E-state index contributed by atoms with van der Waals surface area (Å²) in [4.78, 5) is 20.4. The number of benzene rings is 2. The van der Waals surface area contributed by atoms with Gasteiger partial charge in [0.15, 0.2) is 18.0 Å². The number of nitrogens with zero attached hydrogens (tertiary/aromatic N) is 2. The van der Waals surface area contributed by atoms with Crippen LogP contribution >= 0.6 is 11.3 Å². The molecule has 2 aromatic carbocycles. The standard InChI is InChI=1S/C22H27N3O3S/c1-15(22-23-17-8-6-7-9-20(17)29-22)25(3)21(26)14-24(2)13-16-10-11-18(27-4)19(12-16)28-5/h6-12,15H,13-14H2,1-5H3/p+1/t15-/m1/s1. The molecule has 1 amide bonds. The van der Waals surface area contributed by atoms with Gasteiger partial charge in [-0.25, -0.2) is 4.98 Å². The summed E-state index contributed by atoms with van der Waals surface area (Å²) < 4.78 is 11.8. The number of rotatable bonds is 8. The van der Waals surface area contributed by atoms with Crippen molar-refractivity contribution in [2.24, 2.45) is 0 Å². The van der Waals surface area contributed by atoms with E-state index in [-0.39, 0.29) is 11.9 Å². The van der Waals surface area contributed by atoms with Crippen molar-refractivity contribution in [1.29, 1.82) is 0 Å². The Morgan fingerprint density at radius 1 is 1.17 bits per heavy atom. The Morgan fingerprint density at radius 2 is 1.90 bits per heavy atom. The van der Waals surface area contributed by atoms with E-state index in [0.29, 0.717) is 18.0 Å². The van der Waals surface area contributed by atoms with Crippen molar-refractivity contribution in [3.8, 4) is 11.5 Å². The van der Waals surface area contributed by atoms with Crippen LogP contribution in [0.2, 0.25) is 0 Å². The SMILES string of the molecule is COc1ccc(C[NH+](C)CC(=O)N(C)[C@H](C)c2nc3ccccc3s2)cc1OC. The lowest BCUT2D eigenvalue weighted by molar-refractivity contribution is -0.885. The van der Waals surface area contributed by atoms with E-state index in [2.05, 4.69) is 6.07 Å². The van der Waals surface area contributed by atoms with Crippen LogP contribution in [0.5, 0.6) is 11.5 Å². The number of methoxy groups -OCH3 is 2. The number of fused-ring (bicyclic) bond motifs is 1. The Kier molecular flexibility index (Phi) is 6.71. The highest BCUT2D eigenvalue weighted by molar-refractivity contribution is 7.18. The number of nitrogens with one attached hydrogen (secondary N) is 1. The summed E-state index contributed by atoms with van der Waals surface area (Å²) in [6.07, 6.45) is 0. The largest absolute Gasteiger partial charge is 0.493 e. The van der Waals surface area contributed by atoms with Gasteiger partial charge in [-0.3, -0.25) is 4.79 Å². The van der Waals surface area contributed by atoms with Gasteiger partial charge in [-0.1, -0.05) is 12.1 Å². The third kappa shape index (κ3) is 4.86. The molecule has 0 bridgehead atoms. The molecule has 29 heavy (non-hydrogen) atoms. The monoisotopic (exact) mass is 414 g/mol. The third-order valence-electron chi connectivity index (χ3n) is 5.05. The molecule has 1 heterocycles. The summed E-state index contributed by atoms with van der Waals surface area (Å²) in [7, 11) is 7.11. The zero-order chi connectivity index (χ0) is 21.0. The Bertz CT molecular complexity index is 955. The smallest absolute Gasteiger partial charge is 0.278 e. The second kappa shape index (κ2) is 9.24. The highest BCUT2D eigenvalue weighted by Gasteiger charge is 2.23. The van der Waals surface area contributed by atoms with Crippen LogP contribution < -0.4 is 14.4 Å². The normalized spacial score (nSPS) is 13.1. The fraction of sp³-hybridized carbons (Fsp3) is 0.364. The third-order valence-corrected chi connectivity index (χ3v) is 6.26. The summed E-state index contributed by atoms with van der Waals surface area (Å²) in [5, 5.41) is 0.958. The molecule has 0 aliphatic heterocycles. The predicted octanol–water partition coefficient (Wildman–Crippen LogP) is 2.55. The summed E-state index contributed by atoms with van der Waals surface area (Å²) in [5.74, 6) is 1.50. The van der Waals surface area contributed by atoms with Gasteiger partial charge in [0.2, 0.25) is 0 Å². The predicted molar refractivity (Wildman–Crippen MR) is 116 cm³/mol. The van der Waals surface area contributed by atoms with Crippen LogP contribution in [-0.4, -0.2) is 50.7 Å². The van der Waals surface area contributed by atoms with Crippen LogP contribution in [0.4, 0.5) is 0 Å². The van der Waals surface area contributed by atoms with Gasteiger partial charge >= 0.3 is 0 Å². The number of para-hydroxylation sites is 1. The van der Waals surface area contributed by atoms with Crippen molar-refractivity contribution in [3.63, 3.8) is 0 Å². The van der Waals surface area contributed by atoms with E-state index < -0.39 is 0 Å². The van der Waals surface area contributed by atoms with Crippen LogP contribution in [0.1, 0.15) is 23.5 Å². The number of carbonyl (C=O) groups excluding carboxylic acids is 1. The Balaban J connectivity index is 1.62. The minimum absolute atomic E-state index is 0.0613. The van der Waals surface area contributed by atoms with Crippen molar-refractivity contribution < 1.29 is 19.2 Å². The van der Waals surface area contributed by atoms with Gasteiger partial charge in [-0.15, -0.1) is 11.3 Å². The maximum Gasteiger partial charge on any atom is 0.278 e. The second-order valence-corrected chi connectivity index (χ2v) is 8.26.